The summed E-state index contributed by atoms with van der Waals surface area (Å²) in [5.74, 6) is 0.594. The Labute approximate surface area is 145 Å². The molecule has 2 aliphatic rings. The zero-order chi connectivity index (χ0) is 17.7. The maximum Gasteiger partial charge on any atom is 0.317 e. The molecule has 1 aliphatic carbocycles. The van der Waals surface area contributed by atoms with E-state index in [1.165, 1.54) is 12.8 Å². The molecule has 0 radical (unpaired) electrons. The normalized spacial score (nSPS) is 29.6. The van der Waals surface area contributed by atoms with Crippen LogP contribution in [0.1, 0.15) is 46.0 Å². The van der Waals surface area contributed by atoms with Crippen LogP contribution in [0, 0.1) is 11.8 Å². The minimum atomic E-state index is -0.782. The number of hydrogen-bond acceptors (Lipinski definition) is 4. The largest absolute Gasteiger partial charge is 0.480 e. The Morgan fingerprint density at radius 3 is 2.46 bits per heavy atom. The van der Waals surface area contributed by atoms with Gasteiger partial charge in [-0.05, 0) is 38.1 Å². The van der Waals surface area contributed by atoms with Gasteiger partial charge >= 0.3 is 5.97 Å². The number of nitrogens with one attached hydrogen (secondary N) is 1. The maximum atomic E-state index is 12.4. The topological polar surface area (TPSA) is 72.9 Å². The zero-order valence-electron chi connectivity index (χ0n) is 15.3. The highest BCUT2D eigenvalue weighted by molar-refractivity contribution is 5.78. The van der Waals surface area contributed by atoms with Gasteiger partial charge in [-0.3, -0.25) is 19.4 Å². The molecule has 1 saturated heterocycles. The van der Waals surface area contributed by atoms with Crippen LogP contribution in [0.3, 0.4) is 0 Å². The molecule has 0 spiro atoms. The predicted octanol–water partition coefficient (Wildman–Crippen LogP) is 1.41. The molecular formula is C18H33N3O3. The summed E-state index contributed by atoms with van der Waals surface area (Å²) < 4.78 is 0. The average molecular weight is 339 g/mol. The fraction of sp³-hybridized carbons (Fsp3) is 0.889. The molecule has 6 heteroatoms. The monoisotopic (exact) mass is 339 g/mol. The third kappa shape index (κ3) is 5.45. The van der Waals surface area contributed by atoms with Crippen LogP contribution in [0.15, 0.2) is 0 Å². The molecule has 0 aromatic rings. The van der Waals surface area contributed by atoms with Gasteiger partial charge in [-0.25, -0.2) is 0 Å². The summed E-state index contributed by atoms with van der Waals surface area (Å²) in [6, 6.07) is 0.625. The molecule has 0 aromatic carbocycles. The molecule has 1 amide bonds. The summed E-state index contributed by atoms with van der Waals surface area (Å²) in [4.78, 5) is 27.2. The van der Waals surface area contributed by atoms with E-state index in [1.807, 2.05) is 11.9 Å². The van der Waals surface area contributed by atoms with Crippen molar-refractivity contribution in [3.63, 3.8) is 0 Å². The fourth-order valence-electron chi connectivity index (χ4n) is 4.10. The first-order valence-corrected chi connectivity index (χ1v) is 9.30. The van der Waals surface area contributed by atoms with Crippen LogP contribution < -0.4 is 5.32 Å². The lowest BCUT2D eigenvalue weighted by Crippen LogP contribution is -2.50. The Morgan fingerprint density at radius 1 is 1.17 bits per heavy atom. The predicted molar refractivity (Wildman–Crippen MR) is 93.8 cm³/mol. The van der Waals surface area contributed by atoms with E-state index in [2.05, 4.69) is 24.1 Å². The molecule has 138 valence electrons. The van der Waals surface area contributed by atoms with Crippen molar-refractivity contribution >= 4 is 11.9 Å². The van der Waals surface area contributed by atoms with Gasteiger partial charge in [-0.15, -0.1) is 0 Å². The van der Waals surface area contributed by atoms with E-state index in [0.29, 0.717) is 30.5 Å². The van der Waals surface area contributed by atoms with Crippen molar-refractivity contribution in [2.75, 3.05) is 33.2 Å². The summed E-state index contributed by atoms with van der Waals surface area (Å²) in [6.45, 7) is 6.80. The lowest BCUT2D eigenvalue weighted by atomic mass is 9.78. The average Bonchev–Trinajstić information content (AvgIpc) is 2.52. The van der Waals surface area contributed by atoms with Crippen LogP contribution in [0.2, 0.25) is 0 Å². The van der Waals surface area contributed by atoms with Gasteiger partial charge in [0, 0.05) is 25.2 Å². The van der Waals surface area contributed by atoms with Crippen LogP contribution in [0.25, 0.3) is 0 Å². The number of likely N-dealkylation sites (N-methyl/N-ethyl adjacent to an activating group) is 1. The van der Waals surface area contributed by atoms with Crippen LogP contribution in [-0.2, 0) is 9.59 Å². The number of amides is 1. The lowest BCUT2D eigenvalue weighted by molar-refractivity contribution is -0.138. The van der Waals surface area contributed by atoms with Crippen molar-refractivity contribution in [1.29, 1.82) is 0 Å². The molecule has 2 rings (SSSR count). The fourth-order valence-corrected chi connectivity index (χ4v) is 4.10. The second kappa shape index (κ2) is 8.81. The minimum absolute atomic E-state index is 0.0862. The maximum absolute atomic E-state index is 12.4. The Balaban J connectivity index is 1.71. The molecular weight excluding hydrogens is 306 g/mol. The van der Waals surface area contributed by atoms with Gasteiger partial charge in [-0.1, -0.05) is 26.7 Å². The number of hydrogen-bond donors (Lipinski definition) is 2. The Morgan fingerprint density at radius 2 is 1.83 bits per heavy atom. The van der Waals surface area contributed by atoms with Crippen LogP contribution in [0.4, 0.5) is 0 Å². The van der Waals surface area contributed by atoms with E-state index in [-0.39, 0.29) is 12.5 Å². The standard InChI is InChI=1S/C18H33N3O3/c1-13-5-4-6-16(14(13)2)19-17(22)11-21-9-7-15(8-10-21)20(3)12-18(23)24/h13-16H,4-12H2,1-3H3,(H,19,22)(H,23,24). The second-order valence-electron chi connectivity index (χ2n) is 7.76. The highest BCUT2D eigenvalue weighted by atomic mass is 16.4. The molecule has 6 nitrogen and oxygen atoms in total. The number of aliphatic carboxylic acids is 1. The highest BCUT2D eigenvalue weighted by Gasteiger charge is 2.29. The van der Waals surface area contributed by atoms with Crippen molar-refractivity contribution in [2.24, 2.45) is 11.8 Å². The molecule has 1 aliphatic heterocycles. The van der Waals surface area contributed by atoms with Gasteiger partial charge in [-0.2, -0.15) is 0 Å². The SMILES string of the molecule is CC1CCCC(NC(=O)CN2CCC(N(C)CC(=O)O)CC2)C1C. The Hall–Kier alpha value is -1.14. The zero-order valence-corrected chi connectivity index (χ0v) is 15.3. The molecule has 0 aromatic heterocycles. The molecule has 2 fully saturated rings. The number of carboxylic acid groups (broad SMARTS) is 1. The smallest absolute Gasteiger partial charge is 0.317 e. The van der Waals surface area contributed by atoms with E-state index in [1.54, 1.807) is 0 Å². The van der Waals surface area contributed by atoms with Crippen molar-refractivity contribution < 1.29 is 14.7 Å². The number of carboxylic acids is 1. The quantitative estimate of drug-likeness (QED) is 0.765. The van der Waals surface area contributed by atoms with Crippen molar-refractivity contribution in [2.45, 2.75) is 58.0 Å². The van der Waals surface area contributed by atoms with Gasteiger partial charge in [0.15, 0.2) is 0 Å². The molecule has 24 heavy (non-hydrogen) atoms. The number of piperidine rings is 1. The van der Waals surface area contributed by atoms with Crippen molar-refractivity contribution in [1.82, 2.24) is 15.1 Å². The van der Waals surface area contributed by atoms with E-state index in [4.69, 9.17) is 5.11 Å². The summed E-state index contributed by atoms with van der Waals surface area (Å²) in [7, 11) is 1.87. The molecule has 1 saturated carbocycles. The third-order valence-electron chi connectivity index (χ3n) is 5.99. The van der Waals surface area contributed by atoms with E-state index >= 15 is 0 Å². The summed E-state index contributed by atoms with van der Waals surface area (Å²) in [5, 5.41) is 12.1. The number of rotatable bonds is 6. The van der Waals surface area contributed by atoms with Gasteiger partial charge in [0.1, 0.15) is 0 Å². The van der Waals surface area contributed by atoms with E-state index < -0.39 is 5.97 Å². The van der Waals surface area contributed by atoms with Crippen molar-refractivity contribution in [3.05, 3.63) is 0 Å². The first-order chi connectivity index (χ1) is 11.4. The minimum Gasteiger partial charge on any atom is -0.480 e. The summed E-state index contributed by atoms with van der Waals surface area (Å²) in [6.07, 6.45) is 5.42. The van der Waals surface area contributed by atoms with Gasteiger partial charge in [0.25, 0.3) is 0 Å². The summed E-state index contributed by atoms with van der Waals surface area (Å²) >= 11 is 0. The first kappa shape index (κ1) is 19.2. The Bertz CT molecular complexity index is 435. The second-order valence-corrected chi connectivity index (χ2v) is 7.76. The summed E-state index contributed by atoms with van der Waals surface area (Å²) in [5.41, 5.74) is 0. The number of likely N-dealkylation sites (tertiary alicyclic amines) is 1. The van der Waals surface area contributed by atoms with Gasteiger partial charge in [0.05, 0.1) is 13.1 Å². The van der Waals surface area contributed by atoms with Crippen LogP contribution in [0.5, 0.6) is 0 Å². The van der Waals surface area contributed by atoms with E-state index in [0.717, 1.165) is 32.4 Å². The third-order valence-corrected chi connectivity index (χ3v) is 5.99. The first-order valence-electron chi connectivity index (χ1n) is 9.30. The molecule has 2 N–H and O–H groups in total. The Kier molecular flexibility index (Phi) is 7.04. The molecule has 3 unspecified atom stereocenters. The lowest BCUT2D eigenvalue weighted by Gasteiger charge is -2.37. The van der Waals surface area contributed by atoms with E-state index in [9.17, 15) is 9.59 Å². The number of nitrogens with zero attached hydrogens (tertiary/aromatic N) is 2. The molecule has 1 heterocycles. The van der Waals surface area contributed by atoms with Crippen molar-refractivity contribution in [3.8, 4) is 0 Å². The number of carbonyl (C=O) groups is 2. The number of carbonyl (C=O) groups excluding carboxylic acids is 1. The van der Waals surface area contributed by atoms with Gasteiger partial charge in [0.2, 0.25) is 5.91 Å². The van der Waals surface area contributed by atoms with Gasteiger partial charge < -0.3 is 10.4 Å². The highest BCUT2D eigenvalue weighted by Crippen LogP contribution is 2.29. The molecule has 0 bridgehead atoms. The molecule has 3 atom stereocenters. The van der Waals surface area contributed by atoms with Crippen LogP contribution >= 0.6 is 0 Å². The van der Waals surface area contributed by atoms with Crippen LogP contribution in [-0.4, -0.2) is 72.1 Å².